The van der Waals surface area contributed by atoms with Gasteiger partial charge in [0.05, 0.1) is 22.3 Å². The van der Waals surface area contributed by atoms with Crippen LogP contribution in [0.15, 0.2) is 83.9 Å². The van der Waals surface area contributed by atoms with E-state index in [1.807, 2.05) is 0 Å². The number of hydrogen-bond acceptors (Lipinski definition) is 12. The van der Waals surface area contributed by atoms with Crippen LogP contribution in [0.25, 0.3) is 12.2 Å². The second kappa shape index (κ2) is 17.7. The molecule has 14 nitrogen and oxygen atoms in total. The summed E-state index contributed by atoms with van der Waals surface area (Å²) in [7, 11) is 0. The maximum absolute atomic E-state index is 13.2. The van der Waals surface area contributed by atoms with E-state index in [-0.39, 0.29) is 11.1 Å². The summed E-state index contributed by atoms with van der Waals surface area (Å²) in [5, 5.41) is 37.9. The monoisotopic (exact) mass is 680 g/mol. The fourth-order valence-corrected chi connectivity index (χ4v) is 4.10. The molecule has 0 aliphatic rings. The molecule has 0 aromatic heterocycles. The van der Waals surface area contributed by atoms with E-state index in [4.69, 9.17) is 18.9 Å². The van der Waals surface area contributed by atoms with Crippen molar-refractivity contribution < 1.29 is 57.9 Å². The van der Waals surface area contributed by atoms with Crippen molar-refractivity contribution in [3.8, 4) is 12.1 Å². The Morgan fingerprint density at radius 3 is 1.26 bits per heavy atom. The van der Waals surface area contributed by atoms with Gasteiger partial charge in [0.1, 0.15) is 48.7 Å². The van der Waals surface area contributed by atoms with Crippen molar-refractivity contribution in [1.29, 1.82) is 10.5 Å². The molecule has 0 aliphatic heterocycles. The van der Waals surface area contributed by atoms with E-state index < -0.39 is 83.5 Å². The van der Waals surface area contributed by atoms with Crippen molar-refractivity contribution in [2.45, 2.75) is 26.1 Å². The highest BCUT2D eigenvalue weighted by molar-refractivity contribution is 6.10. The molecule has 2 N–H and O–H groups in total. The van der Waals surface area contributed by atoms with Crippen molar-refractivity contribution in [3.05, 3.63) is 117 Å². The smallest absolute Gasteiger partial charge is 0.349 e. The quantitative estimate of drug-likeness (QED) is 0.104. The van der Waals surface area contributed by atoms with Crippen molar-refractivity contribution >= 4 is 48.0 Å². The average Bonchev–Trinajstić information content (AvgIpc) is 3.10. The van der Waals surface area contributed by atoms with Crippen LogP contribution in [0.2, 0.25) is 0 Å². The predicted molar refractivity (Wildman–Crippen MR) is 172 cm³/mol. The van der Waals surface area contributed by atoms with Crippen LogP contribution in [0.3, 0.4) is 0 Å². The summed E-state index contributed by atoms with van der Waals surface area (Å²) in [4.78, 5) is 74.9. The highest BCUT2D eigenvalue weighted by Crippen LogP contribution is 2.22. The zero-order chi connectivity index (χ0) is 36.8. The summed E-state index contributed by atoms with van der Waals surface area (Å²) in [5.41, 5.74) is -2.66. The first-order valence-corrected chi connectivity index (χ1v) is 14.6. The van der Waals surface area contributed by atoms with E-state index in [9.17, 15) is 49.5 Å². The van der Waals surface area contributed by atoms with Gasteiger partial charge in [-0.05, 0) is 49.3 Å². The van der Waals surface area contributed by atoms with Gasteiger partial charge < -0.3 is 29.2 Å². The molecule has 0 heterocycles. The minimum Gasteiger partial charge on any atom is -0.478 e. The zero-order valence-corrected chi connectivity index (χ0v) is 26.5. The van der Waals surface area contributed by atoms with E-state index in [0.717, 1.165) is 0 Å². The topological polar surface area (TPSA) is 227 Å². The van der Waals surface area contributed by atoms with Gasteiger partial charge in [-0.2, -0.15) is 10.5 Å². The molecule has 2 atom stereocenters. The molecular formula is C36H28N2O12. The van der Waals surface area contributed by atoms with Gasteiger partial charge in [0.15, 0.2) is 0 Å². The van der Waals surface area contributed by atoms with Crippen LogP contribution < -0.4 is 0 Å². The summed E-state index contributed by atoms with van der Waals surface area (Å²) in [6.07, 6.45) is 0.187. The Hall–Kier alpha value is -7.06. The number of benzene rings is 3. The third kappa shape index (κ3) is 10.5. The Labute approximate surface area is 285 Å². The number of nitrogens with zero attached hydrogens (tertiary/aromatic N) is 2. The number of carbonyl (C=O) groups excluding carboxylic acids is 4. The molecule has 3 aromatic carbocycles. The lowest BCUT2D eigenvalue weighted by Crippen LogP contribution is -2.27. The van der Waals surface area contributed by atoms with E-state index >= 15 is 0 Å². The first-order chi connectivity index (χ1) is 23.8. The first kappa shape index (κ1) is 37.4. The van der Waals surface area contributed by atoms with Gasteiger partial charge in [0.2, 0.25) is 0 Å². The van der Waals surface area contributed by atoms with Crippen LogP contribution in [-0.4, -0.2) is 71.5 Å². The Bertz CT molecular complexity index is 1800. The van der Waals surface area contributed by atoms with Crippen LogP contribution in [0.5, 0.6) is 0 Å². The Morgan fingerprint density at radius 1 is 0.620 bits per heavy atom. The maximum Gasteiger partial charge on any atom is 0.349 e. The molecule has 2 unspecified atom stereocenters. The molecule has 0 radical (unpaired) electrons. The minimum atomic E-state index is -1.73. The van der Waals surface area contributed by atoms with E-state index in [1.54, 1.807) is 72.8 Å². The molecule has 50 heavy (non-hydrogen) atoms. The number of carboxylic acid groups (broad SMARTS) is 2. The minimum absolute atomic E-state index is 0.342. The van der Waals surface area contributed by atoms with Crippen LogP contribution >= 0.6 is 0 Å². The zero-order valence-electron chi connectivity index (χ0n) is 26.5. The van der Waals surface area contributed by atoms with E-state index in [2.05, 4.69) is 0 Å². The lowest BCUT2D eigenvalue weighted by Gasteiger charge is -2.18. The van der Waals surface area contributed by atoms with Gasteiger partial charge in [-0.15, -0.1) is 0 Å². The summed E-state index contributed by atoms with van der Waals surface area (Å²) >= 11 is 0. The number of carbonyl (C=O) groups is 6. The molecule has 3 rings (SSSR count). The lowest BCUT2D eigenvalue weighted by atomic mass is 9.98. The summed E-state index contributed by atoms with van der Waals surface area (Å²) in [6.45, 7) is 1.50. The molecule has 0 fully saturated rings. The number of rotatable bonds is 14. The number of aromatic carboxylic acids is 2. The van der Waals surface area contributed by atoms with Crippen molar-refractivity contribution in [3.63, 3.8) is 0 Å². The van der Waals surface area contributed by atoms with Gasteiger partial charge >= 0.3 is 35.8 Å². The lowest BCUT2D eigenvalue weighted by molar-refractivity contribution is -0.142. The molecule has 3 aromatic rings. The molecule has 0 bridgehead atoms. The number of esters is 4. The van der Waals surface area contributed by atoms with Crippen LogP contribution in [-0.2, 0) is 28.5 Å². The van der Waals surface area contributed by atoms with Gasteiger partial charge in [-0.1, -0.05) is 60.7 Å². The second-order valence-corrected chi connectivity index (χ2v) is 10.3. The van der Waals surface area contributed by atoms with Gasteiger partial charge in [0.25, 0.3) is 0 Å². The maximum atomic E-state index is 13.2. The molecular weight excluding hydrogens is 652 g/mol. The number of ether oxygens (including phenoxy) is 4. The third-order valence-corrected chi connectivity index (χ3v) is 6.47. The normalized spacial score (nSPS) is 12.2. The fourth-order valence-electron chi connectivity index (χ4n) is 4.10. The SMILES string of the molecule is CC(COC(=O)C(C#N)=Cc1ccccc1)OC(=O)c1cc(C(=O)O)c(C(=O)O)cc1C(=O)OC(C)COC(=O)C(C#N)=Cc1ccccc1. The third-order valence-electron chi connectivity index (χ3n) is 6.47. The van der Waals surface area contributed by atoms with Gasteiger partial charge in [-0.3, -0.25) is 0 Å². The molecule has 254 valence electrons. The van der Waals surface area contributed by atoms with E-state index in [1.165, 1.54) is 26.0 Å². The van der Waals surface area contributed by atoms with Crippen molar-refractivity contribution in [2.24, 2.45) is 0 Å². The van der Waals surface area contributed by atoms with Crippen LogP contribution in [0, 0.1) is 22.7 Å². The van der Waals surface area contributed by atoms with E-state index in [0.29, 0.717) is 23.3 Å². The van der Waals surface area contributed by atoms with Gasteiger partial charge in [-0.25, -0.2) is 28.8 Å². The summed E-state index contributed by atoms with van der Waals surface area (Å²) < 4.78 is 20.6. The highest BCUT2D eigenvalue weighted by atomic mass is 16.6. The number of nitriles is 2. The van der Waals surface area contributed by atoms with Crippen molar-refractivity contribution in [2.75, 3.05) is 13.2 Å². The van der Waals surface area contributed by atoms with Crippen LogP contribution in [0.4, 0.5) is 0 Å². The fraction of sp³-hybridized carbons (Fsp3) is 0.167. The Morgan fingerprint density at radius 2 is 0.960 bits per heavy atom. The molecule has 0 spiro atoms. The van der Waals surface area contributed by atoms with Gasteiger partial charge in [0, 0.05) is 0 Å². The molecule has 0 saturated carbocycles. The standard InChI is InChI=1S/C36H28N2O12/c1-21(19-47-33(43)25(17-37)13-23-9-5-3-6-10-23)49-35(45)29-15-27(31(39)40)28(32(41)42)16-30(29)36(46)50-22(2)20-48-34(44)26(18-38)14-24-11-7-4-8-12-24/h3-16,21-22H,19-20H2,1-2H3,(H,39,40)(H,41,42). The highest BCUT2D eigenvalue weighted by Gasteiger charge is 2.29. The number of carboxylic acids is 2. The van der Waals surface area contributed by atoms with Crippen molar-refractivity contribution in [1.82, 2.24) is 0 Å². The Balaban J connectivity index is 1.76. The first-order valence-electron chi connectivity index (χ1n) is 14.6. The molecule has 0 aliphatic carbocycles. The number of hydrogen-bond donors (Lipinski definition) is 2. The molecule has 0 saturated heterocycles. The summed E-state index contributed by atoms with van der Waals surface area (Å²) in [5.74, 6) is -8.10. The summed E-state index contributed by atoms with van der Waals surface area (Å²) in [6, 6.07) is 21.6. The Kier molecular flexibility index (Phi) is 13.3. The second-order valence-electron chi connectivity index (χ2n) is 10.3. The predicted octanol–water partition coefficient (Wildman–Crippen LogP) is 4.47. The molecule has 0 amide bonds. The average molecular weight is 681 g/mol. The van der Waals surface area contributed by atoms with Crippen LogP contribution in [0.1, 0.15) is 66.4 Å². The molecule has 14 heteroatoms. The largest absolute Gasteiger partial charge is 0.478 e.